The van der Waals surface area contributed by atoms with Crippen LogP contribution in [0.4, 0.5) is 32.4 Å². The van der Waals surface area contributed by atoms with Crippen molar-refractivity contribution >= 4 is 11.7 Å². The van der Waals surface area contributed by atoms with E-state index in [0.717, 1.165) is 5.56 Å². The molecule has 3 aromatic carbocycles. The second-order valence-corrected chi connectivity index (χ2v) is 6.91. The number of hydrogen-bond donors (Lipinski definition) is 3. The molecule has 0 saturated carbocycles. The van der Waals surface area contributed by atoms with Crippen LogP contribution in [0.5, 0.6) is 5.75 Å². The molecular formula is C22H18F5N3O2. The molecule has 0 saturated heterocycles. The third-order valence-electron chi connectivity index (χ3n) is 4.83. The van der Waals surface area contributed by atoms with E-state index in [1.165, 1.54) is 18.2 Å². The Morgan fingerprint density at radius 2 is 1.53 bits per heavy atom. The zero-order valence-electron chi connectivity index (χ0n) is 17.0. The Hall–Kier alpha value is -3.66. The molecule has 0 atom stereocenters. The Kier molecular flexibility index (Phi) is 6.64. The van der Waals surface area contributed by atoms with Crippen LogP contribution in [-0.4, -0.2) is 6.03 Å². The number of aryl methyl sites for hydroxylation is 2. The van der Waals surface area contributed by atoms with Crippen LogP contribution in [0.25, 0.3) is 11.1 Å². The fourth-order valence-corrected chi connectivity index (χ4v) is 3.14. The number of ether oxygens (including phenoxy) is 1. The van der Waals surface area contributed by atoms with E-state index in [2.05, 4.69) is 5.32 Å². The fraction of sp³-hybridized carbons (Fsp3) is 0.136. The van der Waals surface area contributed by atoms with Gasteiger partial charge in [-0.1, -0.05) is 18.2 Å². The molecule has 0 bridgehead atoms. The van der Waals surface area contributed by atoms with E-state index >= 15 is 0 Å². The number of halogens is 5. The Bertz CT molecular complexity index is 1170. The number of benzene rings is 3. The molecule has 0 aliphatic rings. The predicted octanol–water partition coefficient (Wildman–Crippen LogP) is 5.24. The first-order chi connectivity index (χ1) is 15.1. The highest BCUT2D eigenvalue weighted by Gasteiger charge is 2.26. The summed E-state index contributed by atoms with van der Waals surface area (Å²) in [6.45, 7) is 3.39. The predicted molar refractivity (Wildman–Crippen MR) is 108 cm³/mol. The van der Waals surface area contributed by atoms with Gasteiger partial charge < -0.3 is 10.1 Å². The average molecular weight is 451 g/mol. The summed E-state index contributed by atoms with van der Waals surface area (Å²) in [5, 5.41) is 2.57. The van der Waals surface area contributed by atoms with Gasteiger partial charge in [-0.05, 0) is 48.7 Å². The van der Waals surface area contributed by atoms with Crippen LogP contribution in [0, 0.1) is 42.9 Å². The molecule has 2 amide bonds. The minimum atomic E-state index is -2.22. The van der Waals surface area contributed by atoms with E-state index in [1.807, 2.05) is 18.4 Å². The summed E-state index contributed by atoms with van der Waals surface area (Å²) in [4.78, 5) is 11.5. The lowest BCUT2D eigenvalue weighted by atomic mass is 10.0. The molecule has 10 heteroatoms. The van der Waals surface area contributed by atoms with Gasteiger partial charge in [0, 0.05) is 11.3 Å². The molecule has 4 N–H and O–H groups in total. The van der Waals surface area contributed by atoms with Crippen molar-refractivity contribution in [2.45, 2.75) is 20.5 Å². The van der Waals surface area contributed by atoms with E-state index in [9.17, 15) is 26.7 Å². The molecule has 3 rings (SSSR count). The molecule has 0 aliphatic heterocycles. The summed E-state index contributed by atoms with van der Waals surface area (Å²) in [7, 11) is 0. The number of hydrazine groups is 1. The highest BCUT2D eigenvalue weighted by Crippen LogP contribution is 2.34. The van der Waals surface area contributed by atoms with E-state index in [4.69, 9.17) is 10.6 Å². The van der Waals surface area contributed by atoms with E-state index in [-0.39, 0.29) is 12.2 Å². The minimum absolute atomic E-state index is 0.0234. The van der Waals surface area contributed by atoms with Crippen molar-refractivity contribution in [1.82, 2.24) is 5.43 Å². The van der Waals surface area contributed by atoms with Crippen molar-refractivity contribution in [3.63, 3.8) is 0 Å². The molecule has 0 unspecified atom stereocenters. The molecule has 0 spiro atoms. The van der Waals surface area contributed by atoms with Crippen LogP contribution in [0.1, 0.15) is 16.7 Å². The molecule has 0 heterocycles. The standard InChI is InChI=1S/C22H18F5N3O2/c1-10-4-3-5-14(29-22(31)30-28)13(10)9-32-15-7-6-12(8-11(15)2)16-17(23)19(25)21(27)20(26)18(16)24/h3-8H,9,28H2,1-2H3,(H2,29,30,31). The first-order valence-corrected chi connectivity index (χ1v) is 9.27. The quantitative estimate of drug-likeness (QED) is 0.124. The smallest absolute Gasteiger partial charge is 0.333 e. The normalized spacial score (nSPS) is 10.8. The maximum Gasteiger partial charge on any atom is 0.333 e. The van der Waals surface area contributed by atoms with Gasteiger partial charge in [-0.25, -0.2) is 32.6 Å². The van der Waals surface area contributed by atoms with Gasteiger partial charge in [-0.2, -0.15) is 0 Å². The van der Waals surface area contributed by atoms with E-state index in [1.54, 1.807) is 19.1 Å². The number of rotatable bonds is 5. The number of amides is 2. The van der Waals surface area contributed by atoms with Crippen LogP contribution in [0.15, 0.2) is 36.4 Å². The van der Waals surface area contributed by atoms with Gasteiger partial charge in [0.15, 0.2) is 23.3 Å². The molecule has 5 nitrogen and oxygen atoms in total. The number of nitrogens with two attached hydrogens (primary N) is 1. The summed E-state index contributed by atoms with van der Waals surface area (Å²) in [6, 6.07) is 8.38. The summed E-state index contributed by atoms with van der Waals surface area (Å²) >= 11 is 0. The van der Waals surface area contributed by atoms with Gasteiger partial charge in [0.1, 0.15) is 12.4 Å². The van der Waals surface area contributed by atoms with Crippen LogP contribution < -0.4 is 21.3 Å². The molecule has 0 aromatic heterocycles. The van der Waals surface area contributed by atoms with Gasteiger partial charge in [-0.15, -0.1) is 0 Å². The topological polar surface area (TPSA) is 76.4 Å². The van der Waals surface area contributed by atoms with E-state index in [0.29, 0.717) is 22.6 Å². The Balaban J connectivity index is 1.90. The van der Waals surface area contributed by atoms with Gasteiger partial charge in [0.2, 0.25) is 5.82 Å². The highest BCUT2D eigenvalue weighted by molar-refractivity contribution is 5.89. The maximum absolute atomic E-state index is 14.1. The third kappa shape index (κ3) is 4.35. The van der Waals surface area contributed by atoms with Gasteiger partial charge >= 0.3 is 6.03 Å². The molecule has 3 aromatic rings. The van der Waals surface area contributed by atoms with Crippen molar-refractivity contribution in [3.05, 3.63) is 82.2 Å². The first-order valence-electron chi connectivity index (χ1n) is 9.27. The average Bonchev–Trinajstić information content (AvgIpc) is 2.77. The summed E-state index contributed by atoms with van der Waals surface area (Å²) in [5.74, 6) is -4.67. The largest absolute Gasteiger partial charge is 0.489 e. The maximum atomic E-state index is 14.1. The zero-order valence-corrected chi connectivity index (χ0v) is 17.0. The number of carbonyl (C=O) groups excluding carboxylic acids is 1. The SMILES string of the molecule is Cc1cc(-c2c(F)c(F)c(F)c(F)c2F)ccc1OCc1c(C)cccc1NC(=O)NN. The third-order valence-corrected chi connectivity index (χ3v) is 4.83. The Morgan fingerprint density at radius 1 is 0.906 bits per heavy atom. The van der Waals surface area contributed by atoms with Crippen molar-refractivity contribution in [1.29, 1.82) is 0 Å². The number of anilines is 1. The van der Waals surface area contributed by atoms with Crippen LogP contribution >= 0.6 is 0 Å². The van der Waals surface area contributed by atoms with Crippen molar-refractivity contribution in [2.75, 3.05) is 5.32 Å². The van der Waals surface area contributed by atoms with Crippen LogP contribution in [0.2, 0.25) is 0 Å². The van der Waals surface area contributed by atoms with Crippen LogP contribution in [0.3, 0.4) is 0 Å². The fourth-order valence-electron chi connectivity index (χ4n) is 3.14. The van der Waals surface area contributed by atoms with Crippen molar-refractivity contribution in [3.8, 4) is 16.9 Å². The molecule has 32 heavy (non-hydrogen) atoms. The minimum Gasteiger partial charge on any atom is -0.489 e. The molecule has 0 fully saturated rings. The molecule has 0 radical (unpaired) electrons. The lowest BCUT2D eigenvalue weighted by Gasteiger charge is -2.16. The number of carbonyl (C=O) groups is 1. The second-order valence-electron chi connectivity index (χ2n) is 6.91. The van der Waals surface area contributed by atoms with Crippen LogP contribution in [-0.2, 0) is 6.61 Å². The van der Waals surface area contributed by atoms with Gasteiger partial charge in [-0.3, -0.25) is 5.43 Å². The number of urea groups is 1. The highest BCUT2D eigenvalue weighted by atomic mass is 19.2. The van der Waals surface area contributed by atoms with Crippen molar-refractivity contribution < 1.29 is 31.5 Å². The lowest BCUT2D eigenvalue weighted by Crippen LogP contribution is -2.34. The molecule has 168 valence electrons. The number of hydrogen-bond acceptors (Lipinski definition) is 3. The van der Waals surface area contributed by atoms with Crippen molar-refractivity contribution in [2.24, 2.45) is 5.84 Å². The number of nitrogens with one attached hydrogen (secondary N) is 2. The van der Waals surface area contributed by atoms with Gasteiger partial charge in [0.05, 0.1) is 5.56 Å². The summed E-state index contributed by atoms with van der Waals surface area (Å²) < 4.78 is 74.4. The molecule has 0 aliphatic carbocycles. The summed E-state index contributed by atoms with van der Waals surface area (Å²) in [6.07, 6.45) is 0. The zero-order chi connectivity index (χ0) is 23.6. The second kappa shape index (κ2) is 9.23. The Labute approximate surface area is 180 Å². The first kappa shape index (κ1) is 23.0. The molecular weight excluding hydrogens is 433 g/mol. The monoisotopic (exact) mass is 451 g/mol. The van der Waals surface area contributed by atoms with Gasteiger partial charge in [0.25, 0.3) is 0 Å². The lowest BCUT2D eigenvalue weighted by molar-refractivity contribution is 0.252. The van der Waals surface area contributed by atoms with E-state index < -0.39 is 40.7 Å². The summed E-state index contributed by atoms with van der Waals surface area (Å²) in [5.41, 5.74) is 3.07. The Morgan fingerprint density at radius 3 is 2.12 bits per heavy atom.